The van der Waals surface area contributed by atoms with Gasteiger partial charge in [-0.25, -0.2) is 4.98 Å². The van der Waals surface area contributed by atoms with E-state index in [0.29, 0.717) is 17.2 Å². The van der Waals surface area contributed by atoms with Gasteiger partial charge in [0.2, 0.25) is 5.75 Å². The maximum atomic E-state index is 5.82. The van der Waals surface area contributed by atoms with Gasteiger partial charge in [0.05, 0.1) is 47.6 Å². The van der Waals surface area contributed by atoms with Crippen molar-refractivity contribution in [2.45, 2.75) is 46.6 Å². The smallest absolute Gasteiger partial charge is 0.205 e. The molecule has 0 amide bonds. The number of piperazine rings is 1. The average molecular weight is 582 g/mol. The van der Waals surface area contributed by atoms with E-state index < -0.39 is 0 Å². The fourth-order valence-electron chi connectivity index (χ4n) is 5.78. The number of fused-ring (bicyclic) bond motifs is 1. The first-order valence-electron chi connectivity index (χ1n) is 14.7. The van der Waals surface area contributed by atoms with Crippen LogP contribution in [0, 0.1) is 6.92 Å². The van der Waals surface area contributed by atoms with Crippen LogP contribution in [0.4, 0.5) is 5.69 Å². The van der Waals surface area contributed by atoms with Crippen LogP contribution in [0.25, 0.3) is 11.0 Å². The summed E-state index contributed by atoms with van der Waals surface area (Å²) in [5, 5.41) is 0. The van der Waals surface area contributed by atoms with E-state index in [9.17, 15) is 0 Å². The molecule has 0 N–H and O–H groups in total. The number of methoxy groups -OCH3 is 5. The molecule has 4 rings (SSSR count). The molecule has 1 saturated heterocycles. The Morgan fingerprint density at radius 1 is 0.857 bits per heavy atom. The van der Waals surface area contributed by atoms with Crippen molar-refractivity contribution in [1.29, 1.82) is 0 Å². The number of imidazole rings is 1. The topological polar surface area (TPSA) is 82.8 Å². The molecule has 230 valence electrons. The van der Waals surface area contributed by atoms with Crippen LogP contribution in [0.3, 0.4) is 0 Å². The molecule has 42 heavy (non-hydrogen) atoms. The zero-order chi connectivity index (χ0) is 30.4. The Kier molecular flexibility index (Phi) is 10.6. The summed E-state index contributed by atoms with van der Waals surface area (Å²) in [6.45, 7) is 11.8. The molecule has 0 spiro atoms. The molecule has 1 fully saturated rings. The number of aryl methyl sites for hydroxylation is 3. The molecule has 0 atom stereocenters. The Bertz CT molecular complexity index is 1410. The molecule has 2 aromatic carbocycles. The van der Waals surface area contributed by atoms with Crippen molar-refractivity contribution in [3.8, 4) is 28.7 Å². The molecule has 10 heteroatoms. The minimum atomic E-state index is 0.557. The predicted molar refractivity (Wildman–Crippen MR) is 168 cm³/mol. The van der Waals surface area contributed by atoms with Crippen LogP contribution in [-0.2, 0) is 20.0 Å². The van der Waals surface area contributed by atoms with Gasteiger partial charge in [0.15, 0.2) is 23.0 Å². The minimum absolute atomic E-state index is 0.557. The van der Waals surface area contributed by atoms with Crippen LogP contribution in [0.1, 0.15) is 43.6 Å². The maximum absolute atomic E-state index is 5.82. The summed E-state index contributed by atoms with van der Waals surface area (Å²) >= 11 is 0. The number of aliphatic imine (C=N–C) groups is 1. The zero-order valence-electron chi connectivity index (χ0n) is 26.8. The second-order valence-corrected chi connectivity index (χ2v) is 10.9. The maximum Gasteiger partial charge on any atom is 0.205 e. The minimum Gasteiger partial charge on any atom is -0.493 e. The van der Waals surface area contributed by atoms with Crippen molar-refractivity contribution in [1.82, 2.24) is 19.4 Å². The highest BCUT2D eigenvalue weighted by Crippen LogP contribution is 2.44. The third-order valence-corrected chi connectivity index (χ3v) is 8.04. The number of benzene rings is 2. The highest BCUT2D eigenvalue weighted by atomic mass is 16.5. The predicted octanol–water partition coefficient (Wildman–Crippen LogP) is 5.18. The van der Waals surface area contributed by atoms with Gasteiger partial charge in [-0.2, -0.15) is 0 Å². The first kappa shape index (κ1) is 31.4. The van der Waals surface area contributed by atoms with Crippen molar-refractivity contribution < 1.29 is 23.7 Å². The average Bonchev–Trinajstić information content (AvgIpc) is 3.30. The summed E-state index contributed by atoms with van der Waals surface area (Å²) < 4.78 is 30.4. The summed E-state index contributed by atoms with van der Waals surface area (Å²) in [5.41, 5.74) is 5.98. The quantitative estimate of drug-likeness (QED) is 0.256. The molecule has 1 aromatic heterocycles. The molecule has 0 unspecified atom stereocenters. The molecule has 2 heterocycles. The van der Waals surface area contributed by atoms with Gasteiger partial charge in [0, 0.05) is 51.5 Å². The highest BCUT2D eigenvalue weighted by molar-refractivity contribution is 5.89. The largest absolute Gasteiger partial charge is 0.493 e. The standard InChI is InChI=1S/C32H47N5O5/c1-10-11-12-23-17-21(2)29(39-6)31(41-8)27(23)33-22(3)19-36-13-15-37(16-14-36)20-26-34-28-24(35(26)4)18-25(38-5)30(40-7)32(28)42-9/h17-18H,10-16,19-20H2,1-9H3. The summed E-state index contributed by atoms with van der Waals surface area (Å²) in [6, 6.07) is 4.16. The molecule has 0 saturated carbocycles. The van der Waals surface area contributed by atoms with E-state index in [2.05, 4.69) is 41.2 Å². The molecule has 10 nitrogen and oxygen atoms in total. The first-order chi connectivity index (χ1) is 20.3. The summed E-state index contributed by atoms with van der Waals surface area (Å²) in [7, 11) is 10.3. The van der Waals surface area contributed by atoms with Gasteiger partial charge in [-0.15, -0.1) is 0 Å². The van der Waals surface area contributed by atoms with Gasteiger partial charge >= 0.3 is 0 Å². The van der Waals surface area contributed by atoms with Gasteiger partial charge in [-0.1, -0.05) is 13.3 Å². The first-order valence-corrected chi connectivity index (χ1v) is 14.7. The van der Waals surface area contributed by atoms with Crippen molar-refractivity contribution in [3.63, 3.8) is 0 Å². The third-order valence-electron chi connectivity index (χ3n) is 8.04. The van der Waals surface area contributed by atoms with Crippen molar-refractivity contribution >= 4 is 22.4 Å². The van der Waals surface area contributed by atoms with Gasteiger partial charge in [-0.3, -0.25) is 14.8 Å². The van der Waals surface area contributed by atoms with E-state index in [4.69, 9.17) is 33.7 Å². The van der Waals surface area contributed by atoms with E-state index in [0.717, 1.165) is 104 Å². The number of aromatic nitrogens is 2. The highest BCUT2D eigenvalue weighted by Gasteiger charge is 2.24. The number of unbranched alkanes of at least 4 members (excludes halogenated alkanes) is 1. The number of ether oxygens (including phenoxy) is 5. The SMILES string of the molecule is CCCCc1cc(C)c(OC)c(OC)c1N=C(C)CN1CCN(Cc2nc3c(OC)c(OC)c(OC)cc3n2C)CC1. The number of hydrogen-bond donors (Lipinski definition) is 0. The lowest BCUT2D eigenvalue weighted by Gasteiger charge is -2.34. The molecule has 1 aliphatic heterocycles. The molecule has 0 bridgehead atoms. The lowest BCUT2D eigenvalue weighted by molar-refractivity contribution is 0.136. The van der Waals surface area contributed by atoms with E-state index >= 15 is 0 Å². The molecule has 1 aliphatic rings. The molecule has 0 radical (unpaired) electrons. The summed E-state index contributed by atoms with van der Waals surface area (Å²) in [5.74, 6) is 4.23. The fraction of sp³-hybridized carbons (Fsp3) is 0.562. The Morgan fingerprint density at radius 2 is 1.50 bits per heavy atom. The van der Waals surface area contributed by atoms with E-state index in [1.54, 1.807) is 35.5 Å². The normalized spacial score (nSPS) is 14.8. The van der Waals surface area contributed by atoms with Gasteiger partial charge < -0.3 is 28.3 Å². The molecule has 3 aromatic rings. The molecular weight excluding hydrogens is 534 g/mol. The van der Waals surface area contributed by atoms with Gasteiger partial charge in [0.25, 0.3) is 0 Å². The van der Waals surface area contributed by atoms with Crippen molar-refractivity contribution in [2.75, 3.05) is 68.3 Å². The van der Waals surface area contributed by atoms with Crippen LogP contribution in [0.5, 0.6) is 28.7 Å². The van der Waals surface area contributed by atoms with E-state index in [1.807, 2.05) is 13.1 Å². The monoisotopic (exact) mass is 581 g/mol. The van der Waals surface area contributed by atoms with Crippen LogP contribution < -0.4 is 23.7 Å². The Balaban J connectivity index is 1.46. The second kappa shape index (κ2) is 14.1. The lowest BCUT2D eigenvalue weighted by atomic mass is 10.0. The Labute approximate surface area is 250 Å². The van der Waals surface area contributed by atoms with Crippen LogP contribution in [-0.4, -0.2) is 93.3 Å². The van der Waals surface area contributed by atoms with Gasteiger partial charge in [-0.05, 0) is 43.9 Å². The van der Waals surface area contributed by atoms with Crippen molar-refractivity contribution in [3.05, 3.63) is 29.1 Å². The van der Waals surface area contributed by atoms with E-state index in [1.165, 1.54) is 5.56 Å². The zero-order valence-corrected chi connectivity index (χ0v) is 26.8. The van der Waals surface area contributed by atoms with Crippen LogP contribution in [0.15, 0.2) is 17.1 Å². The third kappa shape index (κ3) is 6.44. The fourth-order valence-corrected chi connectivity index (χ4v) is 5.78. The van der Waals surface area contributed by atoms with Crippen LogP contribution in [0.2, 0.25) is 0 Å². The molecular formula is C32H47N5O5. The van der Waals surface area contributed by atoms with Gasteiger partial charge in [0.1, 0.15) is 17.0 Å². The lowest BCUT2D eigenvalue weighted by Crippen LogP contribution is -2.47. The number of hydrogen-bond acceptors (Lipinski definition) is 9. The van der Waals surface area contributed by atoms with Crippen LogP contribution >= 0.6 is 0 Å². The second-order valence-electron chi connectivity index (χ2n) is 10.9. The Morgan fingerprint density at radius 3 is 2.10 bits per heavy atom. The van der Waals surface area contributed by atoms with Crippen molar-refractivity contribution in [2.24, 2.45) is 12.0 Å². The summed E-state index contributed by atoms with van der Waals surface area (Å²) in [6.07, 6.45) is 3.21. The molecule has 0 aliphatic carbocycles. The van der Waals surface area contributed by atoms with E-state index in [-0.39, 0.29) is 0 Å². The number of nitrogens with zero attached hydrogens (tertiary/aromatic N) is 5. The number of rotatable bonds is 13. The summed E-state index contributed by atoms with van der Waals surface area (Å²) in [4.78, 5) is 15.0. The Hall–Kier alpha value is -3.50.